The summed E-state index contributed by atoms with van der Waals surface area (Å²) in [5, 5.41) is 36.7. The third-order valence-corrected chi connectivity index (χ3v) is 11.7. The first-order valence-corrected chi connectivity index (χ1v) is 20.7. The van der Waals surface area contributed by atoms with Crippen LogP contribution in [0, 0.1) is 29.1 Å². The predicted octanol–water partition coefficient (Wildman–Crippen LogP) is 7.66. The predicted molar refractivity (Wildman–Crippen MR) is 224 cm³/mol. The van der Waals surface area contributed by atoms with E-state index >= 15 is 0 Å². The quantitative estimate of drug-likeness (QED) is 0.0627. The molecule has 2 aliphatic carbocycles. The third kappa shape index (κ3) is 9.54. The number of carbonyl (C=O) groups is 2. The standard InChI is InChI=1S/C47H56N4O8/c1-4-23-51(45(54)34-19-17-32(30-48)18-20-34)42-29-40(50-56-3)38-27-35(15-9-11-24-52)37(16-10-12-25-53)43-39-28-36(58-46(55)49-31-33-13-7-6-8-14-33)21-22-41(39)59-47(42,44(38)43)57-26-5-2/h5-8,13-14,17-22,27-28,35,37,42-44,52-53H,2,4,9-12,15-16,23-26,29,31H2,1,3H3,(H,49,55)/t35-,37+,42-,43+,44+,47+/m0/s1. The zero-order chi connectivity index (χ0) is 41.8. The van der Waals surface area contributed by atoms with Gasteiger partial charge in [0.25, 0.3) is 5.91 Å². The highest BCUT2D eigenvalue weighted by Gasteiger charge is 2.65. The summed E-state index contributed by atoms with van der Waals surface area (Å²) in [6.07, 6.45) is 8.68. The number of ether oxygens (including phenoxy) is 3. The van der Waals surface area contributed by atoms with Crippen LogP contribution in [0.4, 0.5) is 4.79 Å². The van der Waals surface area contributed by atoms with Gasteiger partial charge >= 0.3 is 6.09 Å². The zero-order valence-corrected chi connectivity index (χ0v) is 34.1. The van der Waals surface area contributed by atoms with Crippen molar-refractivity contribution in [2.75, 3.05) is 33.5 Å². The minimum absolute atomic E-state index is 0.00176. The molecule has 0 saturated heterocycles. The molecule has 1 saturated carbocycles. The zero-order valence-electron chi connectivity index (χ0n) is 34.1. The van der Waals surface area contributed by atoms with E-state index in [9.17, 15) is 25.1 Å². The number of unbranched alkanes of at least 4 members (excludes halogenated alkanes) is 2. The number of nitrogens with zero attached hydrogens (tertiary/aromatic N) is 3. The van der Waals surface area contributed by atoms with Crippen LogP contribution in [0.25, 0.3) is 0 Å². The van der Waals surface area contributed by atoms with Crippen molar-refractivity contribution >= 4 is 17.7 Å². The van der Waals surface area contributed by atoms with Gasteiger partial charge in [-0.2, -0.15) is 5.26 Å². The van der Waals surface area contributed by atoms with E-state index in [-0.39, 0.29) is 49.9 Å². The van der Waals surface area contributed by atoms with Gasteiger partial charge in [0.05, 0.1) is 29.9 Å². The molecular formula is C47H56N4O8. The Bertz CT molecular complexity index is 2010. The summed E-state index contributed by atoms with van der Waals surface area (Å²) in [5.74, 6) is -1.51. The lowest BCUT2D eigenvalue weighted by Gasteiger charge is -2.60. The molecule has 3 aliphatic rings. The van der Waals surface area contributed by atoms with Crippen molar-refractivity contribution in [1.29, 1.82) is 5.26 Å². The number of nitriles is 1. The summed E-state index contributed by atoms with van der Waals surface area (Å²) in [6.45, 7) is 6.97. The number of hydrogen-bond acceptors (Lipinski definition) is 10. The maximum Gasteiger partial charge on any atom is 0.412 e. The second-order valence-electron chi connectivity index (χ2n) is 15.4. The average molecular weight is 805 g/mol. The molecule has 12 heteroatoms. The van der Waals surface area contributed by atoms with Crippen molar-refractivity contribution in [3.8, 4) is 17.6 Å². The van der Waals surface area contributed by atoms with Crippen LogP contribution < -0.4 is 14.8 Å². The molecule has 0 aromatic heterocycles. The van der Waals surface area contributed by atoms with Crippen molar-refractivity contribution < 1.29 is 38.9 Å². The first-order chi connectivity index (χ1) is 28.8. The number of carbonyl (C=O) groups excluding carboxylic acids is 2. The molecule has 3 N–H and O–H groups in total. The lowest BCUT2D eigenvalue weighted by molar-refractivity contribution is -0.254. The van der Waals surface area contributed by atoms with E-state index in [4.69, 9.17) is 19.0 Å². The van der Waals surface area contributed by atoms with Gasteiger partial charge in [-0.3, -0.25) is 4.79 Å². The summed E-state index contributed by atoms with van der Waals surface area (Å²) in [5.41, 5.74) is 4.24. The molecule has 59 heavy (non-hydrogen) atoms. The Morgan fingerprint density at radius 3 is 2.47 bits per heavy atom. The van der Waals surface area contributed by atoms with Gasteiger partial charge in [-0.1, -0.05) is 67.4 Å². The largest absolute Gasteiger partial charge is 0.459 e. The normalized spacial score (nSPS) is 23.4. The van der Waals surface area contributed by atoms with E-state index in [0.717, 1.165) is 42.4 Å². The number of aliphatic hydroxyl groups excluding tert-OH is 2. The summed E-state index contributed by atoms with van der Waals surface area (Å²) in [6, 6.07) is 23.1. The monoisotopic (exact) mass is 804 g/mol. The fourth-order valence-corrected chi connectivity index (χ4v) is 9.23. The van der Waals surface area contributed by atoms with E-state index in [1.165, 1.54) is 7.11 Å². The molecule has 0 spiro atoms. The lowest BCUT2D eigenvalue weighted by Crippen LogP contribution is -2.70. The first-order valence-electron chi connectivity index (χ1n) is 20.7. The van der Waals surface area contributed by atoms with Crippen LogP contribution in [0.2, 0.25) is 0 Å². The van der Waals surface area contributed by atoms with Crippen molar-refractivity contribution in [1.82, 2.24) is 10.2 Å². The molecule has 0 unspecified atom stereocenters. The fourth-order valence-electron chi connectivity index (χ4n) is 9.23. The Balaban J connectivity index is 1.52. The summed E-state index contributed by atoms with van der Waals surface area (Å²) < 4.78 is 20.2. The summed E-state index contributed by atoms with van der Waals surface area (Å²) in [7, 11) is 1.51. The van der Waals surface area contributed by atoms with E-state index in [2.05, 4.69) is 29.2 Å². The fraction of sp³-hybridized carbons (Fsp3) is 0.447. The number of rotatable bonds is 19. The molecule has 312 valence electrons. The van der Waals surface area contributed by atoms with E-state index in [0.29, 0.717) is 60.7 Å². The molecule has 3 aromatic rings. The lowest BCUT2D eigenvalue weighted by atomic mass is 9.55. The molecule has 0 bridgehead atoms. The topological polar surface area (TPSA) is 163 Å². The molecule has 1 heterocycles. The first kappa shape index (κ1) is 43.1. The number of nitrogens with one attached hydrogen (secondary N) is 1. The molecule has 1 aliphatic heterocycles. The second kappa shape index (κ2) is 20.5. The molecule has 2 amide bonds. The number of amides is 2. The minimum atomic E-state index is -1.43. The van der Waals surface area contributed by atoms with Gasteiger partial charge in [-0.15, -0.1) is 6.58 Å². The number of allylic oxidation sites excluding steroid dienone is 1. The molecule has 6 atom stereocenters. The van der Waals surface area contributed by atoms with Gasteiger partial charge in [-0.25, -0.2) is 4.79 Å². The van der Waals surface area contributed by atoms with Crippen molar-refractivity contribution in [3.63, 3.8) is 0 Å². The van der Waals surface area contributed by atoms with Gasteiger partial charge in [0.2, 0.25) is 5.79 Å². The van der Waals surface area contributed by atoms with Crippen LogP contribution in [0.15, 0.2) is 102 Å². The number of fused-ring (bicyclic) bond motifs is 2. The molecule has 3 aromatic carbocycles. The SMILES string of the molecule is C=CCO[C@@]12Oc3ccc(OC(=O)NCc4ccccc4)cc3[C@H]3[C@H](CCCCO)[C@@H](CCCCO)C=C(C(=NOC)C[C@@H]1N(CCC)C(=O)c1ccc(C#N)cc1)[C@H]32. The highest BCUT2D eigenvalue weighted by molar-refractivity contribution is 6.03. The van der Waals surface area contributed by atoms with Crippen LogP contribution in [-0.4, -0.2) is 78.1 Å². The number of hydrogen-bond donors (Lipinski definition) is 3. The van der Waals surface area contributed by atoms with Crippen LogP contribution in [0.3, 0.4) is 0 Å². The molecule has 0 radical (unpaired) electrons. The molecule has 6 rings (SSSR count). The van der Waals surface area contributed by atoms with Crippen molar-refractivity contribution in [2.24, 2.45) is 22.9 Å². The number of aliphatic hydroxyl groups is 2. The highest BCUT2D eigenvalue weighted by Crippen LogP contribution is 2.62. The van der Waals surface area contributed by atoms with Crippen molar-refractivity contribution in [2.45, 2.75) is 82.6 Å². The van der Waals surface area contributed by atoms with Crippen LogP contribution in [-0.2, 0) is 16.1 Å². The number of oxime groups is 1. The van der Waals surface area contributed by atoms with E-state index in [1.54, 1.807) is 36.4 Å². The number of benzene rings is 3. The van der Waals surface area contributed by atoms with Gasteiger partial charge < -0.3 is 39.5 Å². The van der Waals surface area contributed by atoms with Gasteiger partial charge in [0, 0.05) is 49.8 Å². The van der Waals surface area contributed by atoms with E-state index < -0.39 is 23.8 Å². The maximum absolute atomic E-state index is 14.7. The minimum Gasteiger partial charge on any atom is -0.459 e. The molecule has 1 fully saturated rings. The van der Waals surface area contributed by atoms with Gasteiger partial charge in [0.15, 0.2) is 0 Å². The smallest absolute Gasteiger partial charge is 0.412 e. The Morgan fingerprint density at radius 1 is 1.05 bits per heavy atom. The Kier molecular flexibility index (Phi) is 15.0. The maximum atomic E-state index is 14.7. The second-order valence-corrected chi connectivity index (χ2v) is 15.4. The van der Waals surface area contributed by atoms with E-state index in [1.807, 2.05) is 54.3 Å². The Labute approximate surface area is 347 Å². The average Bonchev–Trinajstić information content (AvgIpc) is 3.26. The summed E-state index contributed by atoms with van der Waals surface area (Å²) in [4.78, 5) is 35.3. The third-order valence-electron chi connectivity index (χ3n) is 11.7. The van der Waals surface area contributed by atoms with Crippen LogP contribution in [0.1, 0.15) is 91.3 Å². The van der Waals surface area contributed by atoms with Gasteiger partial charge in [0.1, 0.15) is 24.7 Å². The van der Waals surface area contributed by atoms with Crippen molar-refractivity contribution in [3.05, 3.63) is 119 Å². The Hall–Kier alpha value is -5.48. The molecular weight excluding hydrogens is 749 g/mol. The molecule has 12 nitrogen and oxygen atoms in total. The van der Waals surface area contributed by atoms with Crippen LogP contribution >= 0.6 is 0 Å². The summed E-state index contributed by atoms with van der Waals surface area (Å²) >= 11 is 0. The highest BCUT2D eigenvalue weighted by atomic mass is 16.7. The van der Waals surface area contributed by atoms with Crippen LogP contribution in [0.5, 0.6) is 11.5 Å². The Morgan fingerprint density at radius 2 is 1.80 bits per heavy atom. The van der Waals surface area contributed by atoms with Gasteiger partial charge in [-0.05, 0) is 97.5 Å².